The first-order chi connectivity index (χ1) is 13.2. The highest BCUT2D eigenvalue weighted by Crippen LogP contribution is 2.38. The topological polar surface area (TPSA) is 63.6 Å². The van der Waals surface area contributed by atoms with Crippen molar-refractivity contribution >= 4 is 0 Å². The average Bonchev–Trinajstić information content (AvgIpc) is 3.36. The highest BCUT2D eigenvalue weighted by Gasteiger charge is 2.31. The van der Waals surface area contributed by atoms with Crippen molar-refractivity contribution in [3.8, 4) is 11.3 Å². The van der Waals surface area contributed by atoms with Crippen LogP contribution in [0.3, 0.4) is 0 Å². The molecule has 2 heterocycles. The molecule has 0 saturated heterocycles. The molecule has 4 rings (SSSR count). The van der Waals surface area contributed by atoms with Crippen LogP contribution in [0.5, 0.6) is 0 Å². The maximum Gasteiger partial charge on any atom is 0.416 e. The largest absolute Gasteiger partial charge is 0.416 e. The van der Waals surface area contributed by atoms with Crippen molar-refractivity contribution in [3.63, 3.8) is 0 Å². The molecule has 3 aromatic rings. The molecule has 0 radical (unpaired) electrons. The molecule has 9 heteroatoms. The summed E-state index contributed by atoms with van der Waals surface area (Å²) in [7, 11) is 0. The minimum absolute atomic E-state index is 0.0835. The SMILES string of the molecule is CC(c1ccc(C(F)(F)F)cc1F)n1cc(-c2cc(=O)[nH]c(C3CC3)n2)cn1. The fourth-order valence-corrected chi connectivity index (χ4v) is 3.04. The molecule has 0 bridgehead atoms. The number of rotatable bonds is 4. The van der Waals surface area contributed by atoms with Crippen LogP contribution in [0, 0.1) is 5.82 Å². The third kappa shape index (κ3) is 3.56. The number of aromatic nitrogens is 4. The number of hydrogen-bond acceptors (Lipinski definition) is 3. The van der Waals surface area contributed by atoms with E-state index in [-0.39, 0.29) is 17.0 Å². The molecule has 0 amide bonds. The van der Waals surface area contributed by atoms with Gasteiger partial charge in [-0.3, -0.25) is 9.48 Å². The molecular formula is C19H16F4N4O. The van der Waals surface area contributed by atoms with E-state index in [1.807, 2.05) is 0 Å². The molecule has 5 nitrogen and oxygen atoms in total. The summed E-state index contributed by atoms with van der Waals surface area (Å²) >= 11 is 0. The van der Waals surface area contributed by atoms with E-state index in [1.54, 1.807) is 13.1 Å². The predicted octanol–water partition coefficient (Wildman–Crippen LogP) is 4.28. The summed E-state index contributed by atoms with van der Waals surface area (Å²) < 4.78 is 53.8. The first-order valence-corrected chi connectivity index (χ1v) is 8.75. The van der Waals surface area contributed by atoms with Crippen LogP contribution in [0.1, 0.15) is 48.7 Å². The van der Waals surface area contributed by atoms with Gasteiger partial charge in [0.05, 0.1) is 23.5 Å². The summed E-state index contributed by atoms with van der Waals surface area (Å²) in [6, 6.07) is 3.16. The molecule has 28 heavy (non-hydrogen) atoms. The van der Waals surface area contributed by atoms with Crippen molar-refractivity contribution in [2.24, 2.45) is 0 Å². The van der Waals surface area contributed by atoms with Gasteiger partial charge in [0.25, 0.3) is 5.56 Å². The number of hydrogen-bond donors (Lipinski definition) is 1. The Labute approximate surface area is 157 Å². The number of halogens is 4. The van der Waals surface area contributed by atoms with Gasteiger partial charge in [-0.1, -0.05) is 6.07 Å². The summed E-state index contributed by atoms with van der Waals surface area (Å²) in [5.74, 6) is -0.0513. The van der Waals surface area contributed by atoms with Gasteiger partial charge < -0.3 is 4.98 Å². The molecule has 1 aliphatic rings. The summed E-state index contributed by atoms with van der Waals surface area (Å²) in [5, 5.41) is 4.18. The third-order valence-corrected chi connectivity index (χ3v) is 4.80. The zero-order chi connectivity index (χ0) is 20.1. The lowest BCUT2D eigenvalue weighted by atomic mass is 10.0. The molecule has 1 fully saturated rings. The van der Waals surface area contributed by atoms with Gasteiger partial charge in [-0.05, 0) is 31.9 Å². The third-order valence-electron chi connectivity index (χ3n) is 4.80. The Balaban J connectivity index is 1.63. The molecule has 1 unspecified atom stereocenters. The molecule has 2 aromatic heterocycles. The van der Waals surface area contributed by atoms with Crippen molar-refractivity contribution in [2.45, 2.75) is 37.9 Å². The zero-order valence-electron chi connectivity index (χ0n) is 14.8. The second-order valence-corrected chi connectivity index (χ2v) is 6.91. The Morgan fingerprint density at radius 3 is 2.64 bits per heavy atom. The first kappa shape index (κ1) is 18.4. The number of H-pyrrole nitrogens is 1. The van der Waals surface area contributed by atoms with Crippen LogP contribution in [0.15, 0.2) is 41.5 Å². The van der Waals surface area contributed by atoms with E-state index in [0.29, 0.717) is 23.1 Å². The molecule has 0 aliphatic heterocycles. The van der Waals surface area contributed by atoms with E-state index in [1.165, 1.54) is 16.9 Å². The van der Waals surface area contributed by atoms with Crippen LogP contribution in [0.4, 0.5) is 17.6 Å². The van der Waals surface area contributed by atoms with E-state index in [0.717, 1.165) is 25.0 Å². The van der Waals surface area contributed by atoms with Crippen LogP contribution in [0.25, 0.3) is 11.3 Å². The lowest BCUT2D eigenvalue weighted by Gasteiger charge is -2.15. The van der Waals surface area contributed by atoms with Gasteiger partial charge in [0, 0.05) is 29.3 Å². The quantitative estimate of drug-likeness (QED) is 0.674. The molecular weight excluding hydrogens is 376 g/mol. The molecule has 1 N–H and O–H groups in total. The van der Waals surface area contributed by atoms with E-state index in [2.05, 4.69) is 15.1 Å². The van der Waals surface area contributed by atoms with Gasteiger partial charge in [-0.25, -0.2) is 9.37 Å². The number of benzene rings is 1. The molecule has 1 aromatic carbocycles. The summed E-state index contributed by atoms with van der Waals surface area (Å²) in [6.45, 7) is 1.63. The van der Waals surface area contributed by atoms with E-state index in [4.69, 9.17) is 0 Å². The average molecular weight is 392 g/mol. The first-order valence-electron chi connectivity index (χ1n) is 8.75. The standard InChI is InChI=1S/C19H16F4N4O/c1-10(14-5-4-13(6-15(14)20)19(21,22)23)27-9-12(8-24-27)16-7-17(28)26-18(25-16)11-2-3-11/h4-11H,2-3H2,1H3,(H,25,26,28). The minimum Gasteiger partial charge on any atom is -0.310 e. The normalized spacial score (nSPS) is 15.6. The molecule has 1 saturated carbocycles. The lowest BCUT2D eigenvalue weighted by Crippen LogP contribution is -2.12. The summed E-state index contributed by atoms with van der Waals surface area (Å²) in [5.41, 5.74) is -0.187. The van der Waals surface area contributed by atoms with Gasteiger partial charge >= 0.3 is 6.18 Å². The van der Waals surface area contributed by atoms with Crippen molar-refractivity contribution in [1.82, 2.24) is 19.7 Å². The minimum atomic E-state index is -4.60. The zero-order valence-corrected chi connectivity index (χ0v) is 14.8. The van der Waals surface area contributed by atoms with E-state index >= 15 is 0 Å². The lowest BCUT2D eigenvalue weighted by molar-refractivity contribution is -0.137. The Morgan fingerprint density at radius 1 is 1.25 bits per heavy atom. The van der Waals surface area contributed by atoms with Crippen molar-refractivity contribution in [1.29, 1.82) is 0 Å². The van der Waals surface area contributed by atoms with Crippen molar-refractivity contribution < 1.29 is 17.6 Å². The smallest absolute Gasteiger partial charge is 0.310 e. The fourth-order valence-electron chi connectivity index (χ4n) is 3.04. The fraction of sp³-hybridized carbons (Fsp3) is 0.316. The second-order valence-electron chi connectivity index (χ2n) is 6.91. The van der Waals surface area contributed by atoms with Crippen LogP contribution < -0.4 is 5.56 Å². The van der Waals surface area contributed by atoms with Gasteiger partial charge in [-0.15, -0.1) is 0 Å². The van der Waals surface area contributed by atoms with Gasteiger partial charge in [0.1, 0.15) is 11.6 Å². The second kappa shape index (κ2) is 6.57. The Bertz CT molecular complexity index is 1080. The number of nitrogens with one attached hydrogen (secondary N) is 1. The van der Waals surface area contributed by atoms with Gasteiger partial charge in [0.15, 0.2) is 0 Å². The van der Waals surface area contributed by atoms with E-state index in [9.17, 15) is 22.4 Å². The summed E-state index contributed by atoms with van der Waals surface area (Å²) in [6.07, 6.45) is 0.454. The molecule has 1 atom stereocenters. The predicted molar refractivity (Wildman–Crippen MR) is 93.3 cm³/mol. The monoisotopic (exact) mass is 392 g/mol. The summed E-state index contributed by atoms with van der Waals surface area (Å²) in [4.78, 5) is 19.1. The Kier molecular flexibility index (Phi) is 4.32. The Morgan fingerprint density at radius 2 is 2.00 bits per heavy atom. The van der Waals surface area contributed by atoms with Crippen molar-refractivity contribution in [3.05, 3.63) is 69.8 Å². The Hall–Kier alpha value is -2.97. The number of aromatic amines is 1. The van der Waals surface area contributed by atoms with Crippen molar-refractivity contribution in [2.75, 3.05) is 0 Å². The van der Waals surface area contributed by atoms with Crippen LogP contribution in [-0.2, 0) is 6.18 Å². The highest BCUT2D eigenvalue weighted by molar-refractivity contribution is 5.56. The maximum atomic E-state index is 14.2. The highest BCUT2D eigenvalue weighted by atomic mass is 19.4. The maximum absolute atomic E-state index is 14.2. The van der Waals surface area contributed by atoms with Crippen LogP contribution >= 0.6 is 0 Å². The molecule has 146 valence electrons. The van der Waals surface area contributed by atoms with Crippen LogP contribution in [0.2, 0.25) is 0 Å². The molecule has 0 spiro atoms. The van der Waals surface area contributed by atoms with Crippen LogP contribution in [-0.4, -0.2) is 19.7 Å². The number of nitrogens with zero attached hydrogens (tertiary/aromatic N) is 3. The van der Waals surface area contributed by atoms with Gasteiger partial charge in [0.2, 0.25) is 0 Å². The molecule has 1 aliphatic carbocycles. The van der Waals surface area contributed by atoms with E-state index < -0.39 is 23.6 Å². The van der Waals surface area contributed by atoms with Gasteiger partial charge in [-0.2, -0.15) is 18.3 Å². The number of alkyl halides is 3.